The minimum atomic E-state index is -1.27. The van der Waals surface area contributed by atoms with Crippen molar-refractivity contribution in [1.82, 2.24) is 19.9 Å². The van der Waals surface area contributed by atoms with E-state index >= 15 is 0 Å². The summed E-state index contributed by atoms with van der Waals surface area (Å²) in [5.74, 6) is -4.34. The number of halogens is 3. The summed E-state index contributed by atoms with van der Waals surface area (Å²) in [7, 11) is 0. The predicted octanol–water partition coefficient (Wildman–Crippen LogP) is 1.62. The lowest BCUT2D eigenvalue weighted by Crippen LogP contribution is -2.29. The number of benzene rings is 1. The number of carbonyl (C=O) groups is 2. The number of nitrogens with one attached hydrogen (secondary N) is 1. The number of carbonyl (C=O) groups excluding carboxylic acids is 1. The molecule has 8 nitrogen and oxygen atoms in total. The number of rotatable bonds is 4. The van der Waals surface area contributed by atoms with E-state index in [2.05, 4.69) is 15.4 Å². The molecule has 0 saturated carbocycles. The average molecular weight is 385 g/mol. The quantitative estimate of drug-likeness (QED) is 0.629. The van der Waals surface area contributed by atoms with Gasteiger partial charge in [-0.1, -0.05) is 0 Å². The van der Waals surface area contributed by atoms with Crippen LogP contribution in [0.2, 0.25) is 0 Å². The first-order valence-electron chi connectivity index (χ1n) is 6.89. The molecule has 2 aromatic heterocycles. The van der Waals surface area contributed by atoms with E-state index in [-0.39, 0.29) is 34.9 Å². The van der Waals surface area contributed by atoms with Gasteiger partial charge in [-0.05, 0) is 12.1 Å². The number of hydrogen-bond donors (Lipinski definition) is 3. The van der Waals surface area contributed by atoms with Crippen molar-refractivity contribution in [2.24, 2.45) is 0 Å². The van der Waals surface area contributed by atoms with Crippen LogP contribution in [-0.2, 0) is 4.79 Å². The number of fused-ring (bicyclic) bond motifs is 1. The molecule has 0 aliphatic rings. The number of carboxylic acids is 1. The van der Waals surface area contributed by atoms with Crippen molar-refractivity contribution in [2.75, 3.05) is 6.54 Å². The summed E-state index contributed by atoms with van der Waals surface area (Å²) in [5.41, 5.74) is -0.235. The van der Waals surface area contributed by atoms with Gasteiger partial charge in [-0.15, -0.1) is 12.4 Å². The highest BCUT2D eigenvalue weighted by Crippen LogP contribution is 2.30. The van der Waals surface area contributed by atoms with Crippen molar-refractivity contribution in [2.45, 2.75) is 0 Å². The Kier molecular flexibility index (Phi) is 5.36. The van der Waals surface area contributed by atoms with Gasteiger partial charge in [0.05, 0.1) is 5.69 Å². The number of hydrogen-bond acceptors (Lipinski definition) is 5. The fourth-order valence-electron chi connectivity index (χ4n) is 2.34. The molecule has 1 aromatic carbocycles. The maximum Gasteiger partial charge on any atom is 0.322 e. The molecular weight excluding hydrogens is 374 g/mol. The van der Waals surface area contributed by atoms with E-state index < -0.39 is 35.8 Å². The van der Waals surface area contributed by atoms with Crippen LogP contribution < -0.4 is 5.32 Å². The number of carboxylic acid groups (broad SMARTS) is 1. The monoisotopic (exact) mass is 384 g/mol. The molecule has 0 aliphatic carbocycles. The number of aliphatic carboxylic acids is 1. The van der Waals surface area contributed by atoms with Crippen molar-refractivity contribution in [1.29, 1.82) is 0 Å². The van der Waals surface area contributed by atoms with E-state index in [0.717, 1.165) is 29.0 Å². The lowest BCUT2D eigenvalue weighted by molar-refractivity contribution is -0.135. The molecule has 0 atom stereocenters. The molecule has 0 bridgehead atoms. The van der Waals surface area contributed by atoms with E-state index in [1.54, 1.807) is 0 Å². The number of nitrogens with zero attached hydrogens (tertiary/aromatic N) is 3. The molecule has 0 unspecified atom stereocenters. The fraction of sp³-hybridized carbons (Fsp3) is 0.0667. The maximum absolute atomic E-state index is 13.5. The van der Waals surface area contributed by atoms with E-state index in [1.165, 1.54) is 0 Å². The molecule has 11 heteroatoms. The molecule has 1 amide bonds. The molecule has 3 aromatic rings. The van der Waals surface area contributed by atoms with Gasteiger partial charge in [0.25, 0.3) is 5.91 Å². The minimum Gasteiger partial charge on any atom is -0.507 e. The van der Waals surface area contributed by atoms with Crippen LogP contribution in [0.25, 0.3) is 16.9 Å². The van der Waals surface area contributed by atoms with Crippen LogP contribution in [0, 0.1) is 11.6 Å². The zero-order valence-corrected chi connectivity index (χ0v) is 13.6. The standard InChI is InChI=1S/C15H10F2N4O4.ClH/c16-8-1-7(2-9(17)3-8)10-4-11(22)13(14-19-6-20-21(10)14)15(25)18-5-12(23)24;/h1-4,6,22H,5H2,(H,18,25)(H,23,24);1H. The summed E-state index contributed by atoms with van der Waals surface area (Å²) < 4.78 is 28.0. The van der Waals surface area contributed by atoms with Crippen LogP contribution in [0.3, 0.4) is 0 Å². The molecule has 3 rings (SSSR count). The Bertz CT molecular complexity index is 988. The van der Waals surface area contributed by atoms with Gasteiger partial charge in [-0.3, -0.25) is 9.59 Å². The summed E-state index contributed by atoms with van der Waals surface area (Å²) in [5, 5.41) is 24.8. The van der Waals surface area contributed by atoms with Crippen LogP contribution >= 0.6 is 12.4 Å². The zero-order valence-electron chi connectivity index (χ0n) is 12.8. The SMILES string of the molecule is Cl.O=C(O)CNC(=O)c1c(O)cc(-c2cc(F)cc(F)c2)n2ncnc12. The summed E-state index contributed by atoms with van der Waals surface area (Å²) >= 11 is 0. The molecule has 26 heavy (non-hydrogen) atoms. The van der Waals surface area contributed by atoms with Gasteiger partial charge >= 0.3 is 5.97 Å². The minimum absolute atomic E-state index is 0. The molecule has 0 radical (unpaired) electrons. The van der Waals surface area contributed by atoms with Gasteiger partial charge in [0, 0.05) is 17.7 Å². The third-order valence-corrected chi connectivity index (χ3v) is 3.31. The van der Waals surface area contributed by atoms with E-state index in [9.17, 15) is 23.5 Å². The normalized spacial score (nSPS) is 10.4. The second kappa shape index (κ2) is 7.31. The molecular formula is C15H11ClF2N4O4. The highest BCUT2D eigenvalue weighted by atomic mass is 35.5. The zero-order chi connectivity index (χ0) is 18.1. The summed E-state index contributed by atoms with van der Waals surface area (Å²) in [6.07, 6.45) is 1.09. The highest BCUT2D eigenvalue weighted by molar-refractivity contribution is 6.04. The first kappa shape index (κ1) is 19.1. The fourth-order valence-corrected chi connectivity index (χ4v) is 2.34. The third-order valence-electron chi connectivity index (χ3n) is 3.31. The number of amides is 1. The molecule has 2 heterocycles. The van der Waals surface area contributed by atoms with Crippen molar-refractivity contribution in [3.8, 4) is 17.0 Å². The van der Waals surface area contributed by atoms with E-state index in [4.69, 9.17) is 5.11 Å². The first-order valence-corrected chi connectivity index (χ1v) is 6.89. The second-order valence-corrected chi connectivity index (χ2v) is 5.02. The second-order valence-electron chi connectivity index (χ2n) is 5.02. The Labute approximate surface area is 150 Å². The average Bonchev–Trinajstić information content (AvgIpc) is 2.99. The highest BCUT2D eigenvalue weighted by Gasteiger charge is 2.21. The van der Waals surface area contributed by atoms with Crippen molar-refractivity contribution < 1.29 is 28.6 Å². The van der Waals surface area contributed by atoms with Crippen LogP contribution in [0.1, 0.15) is 10.4 Å². The molecule has 0 aliphatic heterocycles. The topological polar surface area (TPSA) is 117 Å². The van der Waals surface area contributed by atoms with Crippen LogP contribution in [-0.4, -0.2) is 43.2 Å². The van der Waals surface area contributed by atoms with Crippen LogP contribution in [0.4, 0.5) is 8.78 Å². The molecule has 0 saturated heterocycles. The van der Waals surface area contributed by atoms with Crippen molar-refractivity contribution >= 4 is 29.9 Å². The number of aromatic hydroxyl groups is 1. The Balaban J connectivity index is 0.00000243. The predicted molar refractivity (Wildman–Crippen MR) is 87.2 cm³/mol. The van der Waals surface area contributed by atoms with Crippen LogP contribution in [0.15, 0.2) is 30.6 Å². The number of pyridine rings is 1. The van der Waals surface area contributed by atoms with Gasteiger partial charge in [0.2, 0.25) is 0 Å². The third kappa shape index (κ3) is 3.54. The molecule has 3 N–H and O–H groups in total. The summed E-state index contributed by atoms with van der Waals surface area (Å²) in [6, 6.07) is 3.84. The van der Waals surface area contributed by atoms with Crippen molar-refractivity contribution in [3.05, 3.63) is 47.8 Å². The van der Waals surface area contributed by atoms with Gasteiger partial charge in [-0.25, -0.2) is 18.3 Å². The van der Waals surface area contributed by atoms with Gasteiger partial charge in [0.1, 0.15) is 35.8 Å². The lowest BCUT2D eigenvalue weighted by Gasteiger charge is -2.11. The molecule has 0 fully saturated rings. The van der Waals surface area contributed by atoms with Crippen molar-refractivity contribution in [3.63, 3.8) is 0 Å². The largest absolute Gasteiger partial charge is 0.507 e. The Morgan fingerprint density at radius 1 is 1.15 bits per heavy atom. The smallest absolute Gasteiger partial charge is 0.322 e. The molecule has 136 valence electrons. The van der Waals surface area contributed by atoms with Gasteiger partial charge in [0.15, 0.2) is 5.65 Å². The summed E-state index contributed by atoms with van der Waals surface area (Å²) in [4.78, 5) is 26.5. The van der Waals surface area contributed by atoms with E-state index in [1.807, 2.05) is 0 Å². The first-order chi connectivity index (χ1) is 11.9. The molecule has 0 spiro atoms. The Morgan fingerprint density at radius 3 is 2.42 bits per heavy atom. The number of aromatic nitrogens is 3. The van der Waals surface area contributed by atoms with Gasteiger partial charge < -0.3 is 15.5 Å². The Morgan fingerprint density at radius 2 is 1.81 bits per heavy atom. The lowest BCUT2D eigenvalue weighted by atomic mass is 10.1. The Hall–Kier alpha value is -3.27. The summed E-state index contributed by atoms with van der Waals surface area (Å²) in [6.45, 7) is -0.657. The maximum atomic E-state index is 13.5. The van der Waals surface area contributed by atoms with E-state index in [0.29, 0.717) is 6.07 Å². The van der Waals surface area contributed by atoms with Crippen LogP contribution in [0.5, 0.6) is 5.75 Å². The van der Waals surface area contributed by atoms with Gasteiger partial charge in [-0.2, -0.15) is 5.10 Å².